The number of rotatable bonds is 2. The average molecular weight is 169 g/mol. The van der Waals surface area contributed by atoms with E-state index < -0.39 is 4.92 Å². The Morgan fingerprint density at radius 1 is 1.92 bits per heavy atom. The largest absolute Gasteiger partial charge is 0.358 e. The highest BCUT2D eigenvalue weighted by Crippen LogP contribution is 2.29. The van der Waals surface area contributed by atoms with Crippen LogP contribution in [-0.4, -0.2) is 21.1 Å². The second-order valence-electron chi connectivity index (χ2n) is 2.58. The van der Waals surface area contributed by atoms with Crippen LogP contribution in [0.2, 0.25) is 0 Å². The van der Waals surface area contributed by atoms with Crippen LogP contribution in [0.4, 0.5) is 5.82 Å². The Labute approximate surface area is 67.9 Å². The smallest absolute Gasteiger partial charge is 0.345 e. The van der Waals surface area contributed by atoms with Crippen molar-refractivity contribution in [3.05, 3.63) is 22.1 Å². The van der Waals surface area contributed by atoms with E-state index in [0.29, 0.717) is 12.4 Å². The van der Waals surface area contributed by atoms with Gasteiger partial charge in [-0.15, -0.1) is 0 Å². The molecule has 1 aliphatic rings. The van der Waals surface area contributed by atoms with Gasteiger partial charge in [0, 0.05) is 6.92 Å². The van der Waals surface area contributed by atoms with E-state index in [2.05, 4.69) is 4.98 Å². The van der Waals surface area contributed by atoms with Crippen molar-refractivity contribution in [2.45, 2.75) is 13.2 Å². The van der Waals surface area contributed by atoms with E-state index in [4.69, 9.17) is 4.74 Å². The van der Waals surface area contributed by atoms with Gasteiger partial charge in [-0.1, -0.05) is 0 Å². The molecule has 6 heteroatoms. The predicted octanol–water partition coefficient (Wildman–Crippen LogP) is 0.629. The zero-order chi connectivity index (χ0) is 8.72. The molecule has 1 atom stereocenters. The summed E-state index contributed by atoms with van der Waals surface area (Å²) < 4.78 is 6.43. The average Bonchev–Trinajstić information content (AvgIpc) is 2.75. The van der Waals surface area contributed by atoms with Crippen LogP contribution in [0.15, 0.2) is 6.20 Å². The van der Waals surface area contributed by atoms with Crippen molar-refractivity contribution in [2.75, 3.05) is 6.61 Å². The lowest BCUT2D eigenvalue weighted by atomic mass is 10.6. The molecule has 1 fully saturated rings. The first-order chi connectivity index (χ1) is 5.70. The minimum absolute atomic E-state index is 0.00463. The number of hydrogen-bond donors (Lipinski definition) is 0. The summed E-state index contributed by atoms with van der Waals surface area (Å²) in [7, 11) is 0. The molecular weight excluding hydrogens is 162 g/mol. The van der Waals surface area contributed by atoms with Crippen LogP contribution >= 0.6 is 0 Å². The van der Waals surface area contributed by atoms with Crippen molar-refractivity contribution in [1.29, 1.82) is 0 Å². The first kappa shape index (κ1) is 7.23. The third kappa shape index (κ3) is 0.964. The van der Waals surface area contributed by atoms with E-state index in [1.807, 2.05) is 0 Å². The fourth-order valence-corrected chi connectivity index (χ4v) is 1.12. The summed E-state index contributed by atoms with van der Waals surface area (Å²) in [5, 5.41) is 10.5. The summed E-state index contributed by atoms with van der Waals surface area (Å²) >= 11 is 0. The van der Waals surface area contributed by atoms with Crippen LogP contribution in [0.1, 0.15) is 12.1 Å². The topological polar surface area (TPSA) is 73.5 Å². The molecule has 64 valence electrons. The van der Waals surface area contributed by atoms with Gasteiger partial charge in [0.05, 0.1) is 0 Å². The number of hydrogen-bond acceptors (Lipinski definition) is 4. The van der Waals surface area contributed by atoms with Crippen molar-refractivity contribution in [3.8, 4) is 0 Å². The Bertz CT molecular complexity index is 329. The Balaban J connectivity index is 2.46. The van der Waals surface area contributed by atoms with Gasteiger partial charge in [-0.3, -0.25) is 0 Å². The molecule has 1 aromatic rings. The van der Waals surface area contributed by atoms with Gasteiger partial charge in [0.25, 0.3) is 0 Å². The van der Waals surface area contributed by atoms with Crippen molar-refractivity contribution in [1.82, 2.24) is 9.55 Å². The van der Waals surface area contributed by atoms with E-state index in [0.717, 1.165) is 0 Å². The maximum Gasteiger partial charge on any atom is 0.345 e. The van der Waals surface area contributed by atoms with Gasteiger partial charge in [-0.05, 0) is 4.92 Å². The first-order valence-electron chi connectivity index (χ1n) is 3.50. The molecule has 2 heterocycles. The lowest BCUT2D eigenvalue weighted by Gasteiger charge is -1.96. The predicted molar refractivity (Wildman–Crippen MR) is 38.6 cm³/mol. The zero-order valence-corrected chi connectivity index (χ0v) is 6.43. The molecule has 1 aliphatic heterocycles. The van der Waals surface area contributed by atoms with E-state index in [1.54, 1.807) is 6.92 Å². The SMILES string of the molecule is Cc1ncc([N+](=O)[O-])n1C1CO1. The molecule has 0 amide bonds. The fraction of sp³-hybridized carbons (Fsp3) is 0.500. The Hall–Kier alpha value is -1.43. The number of ether oxygens (including phenoxy) is 1. The maximum atomic E-state index is 10.5. The van der Waals surface area contributed by atoms with E-state index in [-0.39, 0.29) is 12.0 Å². The molecule has 0 saturated carbocycles. The highest BCUT2D eigenvalue weighted by atomic mass is 16.6. The summed E-state index contributed by atoms with van der Waals surface area (Å²) in [6, 6.07) is 0. The minimum atomic E-state index is -0.457. The molecule has 0 aromatic carbocycles. The van der Waals surface area contributed by atoms with Gasteiger partial charge in [-0.25, -0.2) is 4.98 Å². The van der Waals surface area contributed by atoms with Gasteiger partial charge in [-0.2, -0.15) is 4.57 Å². The summed E-state index contributed by atoms with van der Waals surface area (Å²) in [6.07, 6.45) is 1.07. The molecule has 0 N–H and O–H groups in total. The molecule has 1 saturated heterocycles. The van der Waals surface area contributed by atoms with Crippen LogP contribution in [0.5, 0.6) is 0 Å². The van der Waals surface area contributed by atoms with Gasteiger partial charge in [0.2, 0.25) is 6.23 Å². The van der Waals surface area contributed by atoms with Crippen molar-refractivity contribution in [3.63, 3.8) is 0 Å². The van der Waals surface area contributed by atoms with E-state index in [9.17, 15) is 10.1 Å². The van der Waals surface area contributed by atoms with E-state index in [1.165, 1.54) is 10.8 Å². The molecule has 0 aliphatic carbocycles. The van der Waals surface area contributed by atoms with Gasteiger partial charge >= 0.3 is 5.82 Å². The molecule has 2 rings (SSSR count). The standard InChI is InChI=1S/C6H7N3O3/c1-4-7-2-5(9(10)11)8(4)6-3-12-6/h2,6H,3H2,1H3. The summed E-state index contributed by atoms with van der Waals surface area (Å²) in [4.78, 5) is 13.8. The first-order valence-corrected chi connectivity index (χ1v) is 3.50. The van der Waals surface area contributed by atoms with Gasteiger partial charge in [0.15, 0.2) is 5.82 Å². The fourth-order valence-electron chi connectivity index (χ4n) is 1.12. The van der Waals surface area contributed by atoms with Gasteiger partial charge < -0.3 is 14.9 Å². The molecule has 1 unspecified atom stereocenters. The molecular formula is C6H7N3O3. The summed E-state index contributed by atoms with van der Waals surface area (Å²) in [6.45, 7) is 2.26. The number of nitro groups is 1. The number of imidazole rings is 1. The zero-order valence-electron chi connectivity index (χ0n) is 6.43. The Morgan fingerprint density at radius 2 is 2.58 bits per heavy atom. The summed E-state index contributed by atoms with van der Waals surface area (Å²) in [5.74, 6) is 0.610. The van der Waals surface area contributed by atoms with Gasteiger partial charge in [0.1, 0.15) is 12.8 Å². The molecule has 0 radical (unpaired) electrons. The maximum absolute atomic E-state index is 10.5. The van der Waals surface area contributed by atoms with Crippen molar-refractivity contribution in [2.24, 2.45) is 0 Å². The minimum Gasteiger partial charge on any atom is -0.358 e. The lowest BCUT2D eigenvalue weighted by molar-refractivity contribution is -0.392. The van der Waals surface area contributed by atoms with Crippen LogP contribution in [0, 0.1) is 17.0 Å². The molecule has 6 nitrogen and oxygen atoms in total. The Morgan fingerprint density at radius 3 is 3.08 bits per heavy atom. The normalized spacial score (nSPS) is 20.9. The highest BCUT2D eigenvalue weighted by Gasteiger charge is 2.35. The third-order valence-corrected chi connectivity index (χ3v) is 1.75. The summed E-state index contributed by atoms with van der Waals surface area (Å²) in [5.41, 5.74) is 0. The number of aromatic nitrogens is 2. The van der Waals surface area contributed by atoms with Crippen LogP contribution in [0.25, 0.3) is 0 Å². The quantitative estimate of drug-likeness (QED) is 0.369. The molecule has 1 aromatic heterocycles. The second-order valence-corrected chi connectivity index (χ2v) is 2.58. The van der Waals surface area contributed by atoms with Crippen LogP contribution < -0.4 is 0 Å². The monoisotopic (exact) mass is 169 g/mol. The van der Waals surface area contributed by atoms with Crippen LogP contribution in [0.3, 0.4) is 0 Å². The number of epoxide rings is 1. The van der Waals surface area contributed by atoms with E-state index >= 15 is 0 Å². The van der Waals surface area contributed by atoms with Crippen molar-refractivity contribution < 1.29 is 9.66 Å². The van der Waals surface area contributed by atoms with Crippen molar-refractivity contribution >= 4 is 5.82 Å². The molecule has 12 heavy (non-hydrogen) atoms. The third-order valence-electron chi connectivity index (χ3n) is 1.75. The molecule has 0 bridgehead atoms. The lowest BCUT2D eigenvalue weighted by Crippen LogP contribution is -2.02. The number of aryl methyl sites for hydroxylation is 1. The van der Waals surface area contributed by atoms with Crippen LogP contribution in [-0.2, 0) is 4.74 Å². The second kappa shape index (κ2) is 2.28. The highest BCUT2D eigenvalue weighted by molar-refractivity contribution is 5.20. The number of nitrogens with zero attached hydrogens (tertiary/aromatic N) is 3. The molecule has 0 spiro atoms. The Kier molecular flexibility index (Phi) is 1.37.